The van der Waals surface area contributed by atoms with Gasteiger partial charge in [-0.3, -0.25) is 4.79 Å². The standard InChI is InChI=1S/C14H18N4O2S/c1-9-3-4-10(2)11(7-9)8-12-16-17-14(18(12)15)21-6-5-13(19)20/h3-4,7H,5-6,8,15H2,1-2H3,(H,19,20). The van der Waals surface area contributed by atoms with Gasteiger partial charge in [-0.1, -0.05) is 35.5 Å². The maximum absolute atomic E-state index is 10.5. The van der Waals surface area contributed by atoms with Crippen LogP contribution in [0.3, 0.4) is 0 Å². The molecule has 0 aliphatic rings. The van der Waals surface area contributed by atoms with Crippen LogP contribution in [-0.4, -0.2) is 31.7 Å². The van der Waals surface area contributed by atoms with Gasteiger partial charge in [-0.25, -0.2) is 4.68 Å². The summed E-state index contributed by atoms with van der Waals surface area (Å²) in [6.07, 6.45) is 0.681. The van der Waals surface area contributed by atoms with Gasteiger partial charge < -0.3 is 10.9 Å². The number of benzene rings is 1. The van der Waals surface area contributed by atoms with E-state index < -0.39 is 5.97 Å². The number of hydrogen-bond donors (Lipinski definition) is 2. The van der Waals surface area contributed by atoms with Gasteiger partial charge in [0.1, 0.15) is 0 Å². The van der Waals surface area contributed by atoms with Crippen LogP contribution >= 0.6 is 11.8 Å². The van der Waals surface area contributed by atoms with Crippen molar-refractivity contribution in [3.63, 3.8) is 0 Å². The fourth-order valence-corrected chi connectivity index (χ4v) is 2.72. The van der Waals surface area contributed by atoms with Crippen molar-refractivity contribution in [1.29, 1.82) is 0 Å². The van der Waals surface area contributed by atoms with Crippen LogP contribution in [0.25, 0.3) is 0 Å². The molecule has 0 radical (unpaired) electrons. The van der Waals surface area contributed by atoms with Gasteiger partial charge in [0.05, 0.1) is 6.42 Å². The highest BCUT2D eigenvalue weighted by Crippen LogP contribution is 2.19. The van der Waals surface area contributed by atoms with Gasteiger partial charge >= 0.3 is 5.97 Å². The van der Waals surface area contributed by atoms with Crippen molar-refractivity contribution in [3.05, 3.63) is 40.7 Å². The molecule has 0 atom stereocenters. The van der Waals surface area contributed by atoms with Gasteiger partial charge in [0, 0.05) is 12.2 Å². The Labute approximate surface area is 127 Å². The van der Waals surface area contributed by atoms with Gasteiger partial charge in [0.15, 0.2) is 5.82 Å². The first-order valence-corrected chi connectivity index (χ1v) is 7.56. The molecule has 1 aromatic carbocycles. The second-order valence-electron chi connectivity index (χ2n) is 4.87. The minimum Gasteiger partial charge on any atom is -0.481 e. The van der Waals surface area contributed by atoms with E-state index in [1.807, 2.05) is 6.92 Å². The third kappa shape index (κ3) is 3.98. The van der Waals surface area contributed by atoms with Crippen molar-refractivity contribution in [2.75, 3.05) is 11.6 Å². The molecular weight excluding hydrogens is 288 g/mol. The summed E-state index contributed by atoms with van der Waals surface area (Å²) in [7, 11) is 0. The van der Waals surface area contributed by atoms with Crippen molar-refractivity contribution < 1.29 is 9.90 Å². The van der Waals surface area contributed by atoms with Crippen LogP contribution in [-0.2, 0) is 11.2 Å². The molecule has 0 spiro atoms. The lowest BCUT2D eigenvalue weighted by molar-refractivity contribution is -0.136. The number of carboxylic acids is 1. The maximum atomic E-state index is 10.5. The van der Waals surface area contributed by atoms with E-state index in [2.05, 4.69) is 35.3 Å². The average molecular weight is 306 g/mol. The van der Waals surface area contributed by atoms with E-state index in [0.29, 0.717) is 23.2 Å². The van der Waals surface area contributed by atoms with E-state index in [0.717, 1.165) is 5.56 Å². The number of aliphatic carboxylic acids is 1. The molecule has 0 aliphatic heterocycles. The van der Waals surface area contributed by atoms with Crippen LogP contribution in [0.5, 0.6) is 0 Å². The Morgan fingerprint density at radius 1 is 1.38 bits per heavy atom. The SMILES string of the molecule is Cc1ccc(C)c(Cc2nnc(SCCC(=O)O)n2N)c1. The quantitative estimate of drug-likeness (QED) is 0.624. The number of aryl methyl sites for hydroxylation is 2. The second kappa shape index (κ2) is 6.62. The molecule has 0 aliphatic carbocycles. The number of hydrogen-bond acceptors (Lipinski definition) is 5. The van der Waals surface area contributed by atoms with Crippen LogP contribution in [0.1, 0.15) is 28.9 Å². The molecule has 0 bridgehead atoms. The van der Waals surface area contributed by atoms with Gasteiger partial charge in [0.25, 0.3) is 0 Å². The molecule has 2 rings (SSSR count). The molecule has 0 saturated carbocycles. The third-order valence-corrected chi connectivity index (χ3v) is 4.08. The Balaban J connectivity index is 2.09. The Hall–Kier alpha value is -2.02. The van der Waals surface area contributed by atoms with E-state index in [-0.39, 0.29) is 6.42 Å². The van der Waals surface area contributed by atoms with Crippen molar-refractivity contribution in [3.8, 4) is 0 Å². The zero-order valence-corrected chi connectivity index (χ0v) is 12.9. The fraction of sp³-hybridized carbons (Fsp3) is 0.357. The molecule has 0 saturated heterocycles. The lowest BCUT2D eigenvalue weighted by Crippen LogP contribution is -2.15. The largest absolute Gasteiger partial charge is 0.481 e. The van der Waals surface area contributed by atoms with Gasteiger partial charge in [-0.15, -0.1) is 10.2 Å². The molecular formula is C14H18N4O2S. The summed E-state index contributed by atoms with van der Waals surface area (Å²) in [5.41, 5.74) is 3.54. The summed E-state index contributed by atoms with van der Waals surface area (Å²) in [5.74, 6) is 6.24. The third-order valence-electron chi connectivity index (χ3n) is 3.14. The van der Waals surface area contributed by atoms with Crippen molar-refractivity contribution in [2.24, 2.45) is 0 Å². The Morgan fingerprint density at radius 3 is 2.86 bits per heavy atom. The minimum atomic E-state index is -0.832. The minimum absolute atomic E-state index is 0.0733. The van der Waals surface area contributed by atoms with Crippen LogP contribution in [0.2, 0.25) is 0 Å². The van der Waals surface area contributed by atoms with E-state index >= 15 is 0 Å². The van der Waals surface area contributed by atoms with E-state index in [4.69, 9.17) is 10.9 Å². The van der Waals surface area contributed by atoms with Crippen LogP contribution in [0.4, 0.5) is 0 Å². The molecule has 6 nitrogen and oxygen atoms in total. The smallest absolute Gasteiger partial charge is 0.304 e. The molecule has 1 aromatic heterocycles. The van der Waals surface area contributed by atoms with E-state index in [1.165, 1.54) is 27.6 Å². The van der Waals surface area contributed by atoms with E-state index in [9.17, 15) is 4.79 Å². The number of carboxylic acid groups (broad SMARTS) is 1. The first-order valence-electron chi connectivity index (χ1n) is 6.57. The van der Waals surface area contributed by atoms with Gasteiger partial charge in [-0.2, -0.15) is 0 Å². The summed E-state index contributed by atoms with van der Waals surface area (Å²) in [6.45, 7) is 4.10. The highest BCUT2D eigenvalue weighted by molar-refractivity contribution is 7.99. The number of nitrogens with two attached hydrogens (primary N) is 1. The molecule has 0 unspecified atom stereocenters. The van der Waals surface area contributed by atoms with Crippen molar-refractivity contribution >= 4 is 17.7 Å². The number of thioether (sulfide) groups is 1. The molecule has 0 fully saturated rings. The summed E-state index contributed by atoms with van der Waals surface area (Å²) in [6, 6.07) is 6.25. The number of aromatic nitrogens is 3. The predicted octanol–water partition coefficient (Wildman–Crippen LogP) is 1.77. The predicted molar refractivity (Wildman–Crippen MR) is 81.9 cm³/mol. The number of nitrogens with zero attached hydrogens (tertiary/aromatic N) is 3. The van der Waals surface area contributed by atoms with Gasteiger partial charge in [-0.05, 0) is 25.0 Å². The number of rotatable bonds is 6. The lowest BCUT2D eigenvalue weighted by atomic mass is 10.0. The Bertz CT molecular complexity index is 654. The fourth-order valence-electron chi connectivity index (χ4n) is 1.92. The molecule has 112 valence electrons. The number of carbonyl (C=O) groups is 1. The number of nitrogen functional groups attached to an aromatic ring is 1. The van der Waals surface area contributed by atoms with Crippen LogP contribution in [0, 0.1) is 13.8 Å². The Morgan fingerprint density at radius 2 is 2.14 bits per heavy atom. The zero-order valence-electron chi connectivity index (χ0n) is 12.0. The first-order chi connectivity index (χ1) is 9.97. The van der Waals surface area contributed by atoms with Crippen molar-refractivity contribution in [1.82, 2.24) is 14.9 Å². The van der Waals surface area contributed by atoms with Crippen LogP contribution in [0.15, 0.2) is 23.4 Å². The first kappa shape index (κ1) is 15.4. The maximum Gasteiger partial charge on any atom is 0.304 e. The second-order valence-corrected chi connectivity index (χ2v) is 5.93. The zero-order chi connectivity index (χ0) is 15.4. The topological polar surface area (TPSA) is 94.0 Å². The van der Waals surface area contributed by atoms with E-state index in [1.54, 1.807) is 0 Å². The molecule has 7 heteroatoms. The summed E-state index contributed by atoms with van der Waals surface area (Å²) < 4.78 is 1.44. The normalized spacial score (nSPS) is 10.8. The lowest BCUT2D eigenvalue weighted by Gasteiger charge is -2.07. The molecule has 0 amide bonds. The summed E-state index contributed by atoms with van der Waals surface area (Å²) in [4.78, 5) is 10.5. The molecule has 1 heterocycles. The van der Waals surface area contributed by atoms with Gasteiger partial charge in [0.2, 0.25) is 5.16 Å². The molecule has 2 aromatic rings. The van der Waals surface area contributed by atoms with Crippen LogP contribution < -0.4 is 5.84 Å². The molecule has 21 heavy (non-hydrogen) atoms. The highest BCUT2D eigenvalue weighted by atomic mass is 32.2. The summed E-state index contributed by atoms with van der Waals surface area (Å²) in [5, 5.41) is 17.3. The summed E-state index contributed by atoms with van der Waals surface area (Å²) >= 11 is 1.30. The molecule has 3 N–H and O–H groups in total. The monoisotopic (exact) mass is 306 g/mol. The highest BCUT2D eigenvalue weighted by Gasteiger charge is 2.12. The Kier molecular flexibility index (Phi) is 4.85. The average Bonchev–Trinajstić information content (AvgIpc) is 2.75. The van der Waals surface area contributed by atoms with Crippen molar-refractivity contribution in [2.45, 2.75) is 31.8 Å².